The third-order valence-electron chi connectivity index (χ3n) is 5.69. The van der Waals surface area contributed by atoms with Gasteiger partial charge < -0.3 is 19.5 Å². The zero-order valence-corrected chi connectivity index (χ0v) is 17.5. The summed E-state index contributed by atoms with van der Waals surface area (Å²) in [5, 5.41) is 7.11. The molecule has 1 fully saturated rings. The Bertz CT molecular complexity index is 963. The van der Waals surface area contributed by atoms with Crippen LogP contribution in [0.25, 0.3) is 0 Å². The molecular weight excluding hydrogens is 378 g/mol. The largest absolute Gasteiger partial charge is 0.489 e. The summed E-state index contributed by atoms with van der Waals surface area (Å²) >= 11 is 0. The lowest BCUT2D eigenvalue weighted by Crippen LogP contribution is -3.09. The zero-order valence-electron chi connectivity index (χ0n) is 17.5. The first kappa shape index (κ1) is 20.2. The van der Waals surface area contributed by atoms with E-state index in [1.807, 2.05) is 44.2 Å². The Hall–Kier alpha value is -3.12. The van der Waals surface area contributed by atoms with Gasteiger partial charge in [0.1, 0.15) is 24.7 Å². The quantitative estimate of drug-likeness (QED) is 0.633. The molecule has 0 spiro atoms. The number of ether oxygens (including phenoxy) is 1. The van der Waals surface area contributed by atoms with Crippen LogP contribution in [0, 0.1) is 13.8 Å². The Labute approximate surface area is 176 Å². The van der Waals surface area contributed by atoms with Crippen molar-refractivity contribution in [2.75, 3.05) is 13.1 Å². The Morgan fingerprint density at radius 1 is 1.17 bits per heavy atom. The lowest BCUT2D eigenvalue weighted by Gasteiger charge is -2.14. The van der Waals surface area contributed by atoms with Gasteiger partial charge in [0.2, 0.25) is 0 Å². The number of rotatable bonds is 7. The molecular formula is C24H28N3O3+. The summed E-state index contributed by atoms with van der Waals surface area (Å²) < 4.78 is 11.0. The number of carbonyl (C=O) groups excluding carboxylic acids is 1. The number of nitrogens with zero attached hydrogens (tertiary/aromatic N) is 1. The van der Waals surface area contributed by atoms with Gasteiger partial charge in [0, 0.05) is 17.5 Å². The average molecular weight is 407 g/mol. The normalized spacial score (nSPS) is 18.3. The lowest BCUT2D eigenvalue weighted by molar-refractivity contribution is -0.901. The number of aromatic nitrogens is 1. The standard InChI is InChI=1S/C24H27N3O3/c1-17-23(18(2)30-26-17)16-29-22-10-8-20(9-11-22)24(28)25-21-12-13-27(15-21)14-19-6-4-3-5-7-19/h3-11,21H,12-16H2,1-2H3,(H,25,28)/p+1/t21-/m0/s1. The van der Waals surface area contributed by atoms with E-state index in [0.717, 1.165) is 43.1 Å². The van der Waals surface area contributed by atoms with Gasteiger partial charge in [0.05, 0.1) is 30.4 Å². The third kappa shape index (κ3) is 4.89. The minimum absolute atomic E-state index is 0.0294. The van der Waals surface area contributed by atoms with Crippen LogP contribution in [0.3, 0.4) is 0 Å². The topological polar surface area (TPSA) is 68.8 Å². The molecule has 4 rings (SSSR count). The van der Waals surface area contributed by atoms with E-state index < -0.39 is 0 Å². The molecule has 2 heterocycles. The molecule has 30 heavy (non-hydrogen) atoms. The van der Waals surface area contributed by atoms with Crippen LogP contribution in [0.2, 0.25) is 0 Å². The molecule has 1 amide bonds. The van der Waals surface area contributed by atoms with Crippen molar-refractivity contribution in [2.24, 2.45) is 0 Å². The molecule has 0 aliphatic carbocycles. The van der Waals surface area contributed by atoms with Gasteiger partial charge in [-0.2, -0.15) is 0 Å². The smallest absolute Gasteiger partial charge is 0.251 e. The maximum absolute atomic E-state index is 12.6. The highest BCUT2D eigenvalue weighted by Crippen LogP contribution is 2.18. The van der Waals surface area contributed by atoms with E-state index in [2.05, 4.69) is 34.7 Å². The van der Waals surface area contributed by atoms with E-state index in [1.54, 1.807) is 0 Å². The van der Waals surface area contributed by atoms with E-state index >= 15 is 0 Å². The summed E-state index contributed by atoms with van der Waals surface area (Å²) in [5.41, 5.74) is 3.78. The Balaban J connectivity index is 1.27. The van der Waals surface area contributed by atoms with E-state index in [4.69, 9.17) is 9.26 Å². The fraction of sp³-hybridized carbons (Fsp3) is 0.333. The van der Waals surface area contributed by atoms with Gasteiger partial charge in [-0.15, -0.1) is 0 Å². The van der Waals surface area contributed by atoms with Gasteiger partial charge in [0.25, 0.3) is 5.91 Å². The molecule has 6 nitrogen and oxygen atoms in total. The van der Waals surface area contributed by atoms with Crippen molar-refractivity contribution in [3.8, 4) is 5.75 Å². The number of likely N-dealkylation sites (tertiary alicyclic amines) is 1. The minimum atomic E-state index is -0.0294. The first-order chi connectivity index (χ1) is 14.6. The highest BCUT2D eigenvalue weighted by Gasteiger charge is 2.27. The Morgan fingerprint density at radius 3 is 2.63 bits per heavy atom. The van der Waals surface area contributed by atoms with E-state index in [0.29, 0.717) is 17.9 Å². The van der Waals surface area contributed by atoms with Crippen molar-refractivity contribution in [1.82, 2.24) is 10.5 Å². The molecule has 0 radical (unpaired) electrons. The number of aryl methyl sites for hydroxylation is 2. The number of hydrogen-bond acceptors (Lipinski definition) is 4. The van der Waals surface area contributed by atoms with Crippen LogP contribution >= 0.6 is 0 Å². The summed E-state index contributed by atoms with van der Waals surface area (Å²) in [7, 11) is 0. The molecule has 6 heteroatoms. The fourth-order valence-electron chi connectivity index (χ4n) is 3.93. The molecule has 1 saturated heterocycles. The summed E-state index contributed by atoms with van der Waals surface area (Å²) in [6.07, 6.45) is 1.01. The van der Waals surface area contributed by atoms with E-state index in [1.165, 1.54) is 10.5 Å². The number of amides is 1. The number of quaternary nitrogens is 1. The van der Waals surface area contributed by atoms with E-state index in [-0.39, 0.29) is 11.9 Å². The first-order valence-corrected chi connectivity index (χ1v) is 10.4. The predicted octanol–water partition coefficient (Wildman–Crippen LogP) is 2.46. The summed E-state index contributed by atoms with van der Waals surface area (Å²) in [6, 6.07) is 18.0. The molecule has 2 atom stereocenters. The van der Waals surface area contributed by atoms with Crippen LogP contribution in [-0.2, 0) is 13.2 Å². The van der Waals surface area contributed by atoms with Crippen LogP contribution < -0.4 is 15.0 Å². The molecule has 3 aromatic rings. The highest BCUT2D eigenvalue weighted by atomic mass is 16.5. The molecule has 2 N–H and O–H groups in total. The number of hydrogen-bond donors (Lipinski definition) is 2. The lowest BCUT2D eigenvalue weighted by atomic mass is 10.1. The number of benzene rings is 2. The minimum Gasteiger partial charge on any atom is -0.489 e. The van der Waals surface area contributed by atoms with Crippen molar-refractivity contribution in [3.63, 3.8) is 0 Å². The molecule has 0 saturated carbocycles. The van der Waals surface area contributed by atoms with Crippen LogP contribution in [0.1, 0.15) is 39.4 Å². The molecule has 0 bridgehead atoms. The summed E-state index contributed by atoms with van der Waals surface area (Å²) in [4.78, 5) is 14.1. The van der Waals surface area contributed by atoms with Crippen LogP contribution in [-0.4, -0.2) is 30.2 Å². The second kappa shape index (κ2) is 9.13. The molecule has 156 valence electrons. The highest BCUT2D eigenvalue weighted by molar-refractivity contribution is 5.94. The maximum atomic E-state index is 12.6. The molecule has 1 aromatic heterocycles. The number of carbonyl (C=O) groups is 1. The van der Waals surface area contributed by atoms with Crippen molar-refractivity contribution in [2.45, 2.75) is 39.5 Å². The monoisotopic (exact) mass is 406 g/mol. The molecule has 1 unspecified atom stereocenters. The Morgan fingerprint density at radius 2 is 1.93 bits per heavy atom. The molecule has 1 aliphatic rings. The van der Waals surface area contributed by atoms with Crippen LogP contribution in [0.5, 0.6) is 5.75 Å². The van der Waals surface area contributed by atoms with Crippen LogP contribution in [0.15, 0.2) is 59.1 Å². The van der Waals surface area contributed by atoms with Crippen molar-refractivity contribution in [3.05, 3.63) is 82.7 Å². The average Bonchev–Trinajstić information content (AvgIpc) is 3.33. The van der Waals surface area contributed by atoms with Gasteiger partial charge in [-0.05, 0) is 38.1 Å². The van der Waals surface area contributed by atoms with E-state index in [9.17, 15) is 4.79 Å². The van der Waals surface area contributed by atoms with Crippen molar-refractivity contribution >= 4 is 5.91 Å². The van der Waals surface area contributed by atoms with Crippen molar-refractivity contribution < 1.29 is 19.0 Å². The second-order valence-electron chi connectivity index (χ2n) is 7.94. The molecule has 1 aliphatic heterocycles. The van der Waals surface area contributed by atoms with Gasteiger partial charge in [-0.1, -0.05) is 35.5 Å². The summed E-state index contributed by atoms with van der Waals surface area (Å²) in [5.74, 6) is 1.45. The van der Waals surface area contributed by atoms with Gasteiger partial charge >= 0.3 is 0 Å². The van der Waals surface area contributed by atoms with Crippen molar-refractivity contribution in [1.29, 1.82) is 0 Å². The SMILES string of the molecule is Cc1noc(C)c1COc1ccc(C(=O)N[C@H]2CC[NH+](Cc3ccccc3)C2)cc1. The predicted molar refractivity (Wildman–Crippen MR) is 113 cm³/mol. The number of nitrogens with one attached hydrogen (secondary N) is 2. The third-order valence-corrected chi connectivity index (χ3v) is 5.69. The zero-order chi connectivity index (χ0) is 20.9. The maximum Gasteiger partial charge on any atom is 0.251 e. The van der Waals surface area contributed by atoms with Gasteiger partial charge in [0.15, 0.2) is 0 Å². The second-order valence-corrected chi connectivity index (χ2v) is 7.94. The first-order valence-electron chi connectivity index (χ1n) is 10.4. The van der Waals surface area contributed by atoms with Crippen LogP contribution in [0.4, 0.5) is 0 Å². The Kier molecular flexibility index (Phi) is 6.14. The van der Waals surface area contributed by atoms with Gasteiger partial charge in [-0.25, -0.2) is 0 Å². The molecule has 2 aromatic carbocycles. The van der Waals surface area contributed by atoms with Gasteiger partial charge in [-0.3, -0.25) is 4.79 Å². The summed E-state index contributed by atoms with van der Waals surface area (Å²) in [6.45, 7) is 7.21. The fourth-order valence-corrected chi connectivity index (χ4v) is 3.93.